The number of ether oxygens (including phenoxy) is 2. The van der Waals surface area contributed by atoms with Gasteiger partial charge in [0.15, 0.2) is 6.61 Å². The van der Waals surface area contributed by atoms with Gasteiger partial charge in [0.05, 0.1) is 12.7 Å². The van der Waals surface area contributed by atoms with Gasteiger partial charge in [-0.15, -0.1) is 0 Å². The second-order valence-electron chi connectivity index (χ2n) is 7.03. The fourth-order valence-corrected chi connectivity index (χ4v) is 2.78. The normalized spacial score (nSPS) is 11.8. The van der Waals surface area contributed by atoms with Gasteiger partial charge in [-0.1, -0.05) is 43.3 Å². The number of carbonyl (C=O) groups excluding carboxylic acids is 2. The number of benzene rings is 2. The van der Waals surface area contributed by atoms with Gasteiger partial charge in [-0.2, -0.15) is 4.98 Å². The van der Waals surface area contributed by atoms with Crippen molar-refractivity contribution in [3.05, 3.63) is 65.8 Å². The number of hydrogen-bond acceptors (Lipinski definition) is 7. The van der Waals surface area contributed by atoms with Crippen LogP contribution in [-0.4, -0.2) is 35.2 Å². The molecule has 1 aromatic heterocycles. The van der Waals surface area contributed by atoms with Gasteiger partial charge in [-0.3, -0.25) is 4.79 Å². The molecule has 0 spiro atoms. The number of nitrogens with one attached hydrogen (secondary N) is 1. The molecule has 0 saturated carbocycles. The second kappa shape index (κ2) is 9.84. The number of halogens is 1. The Morgan fingerprint density at radius 2 is 1.94 bits per heavy atom. The Morgan fingerprint density at radius 1 is 1.16 bits per heavy atom. The van der Waals surface area contributed by atoms with Crippen molar-refractivity contribution in [2.75, 3.05) is 7.11 Å². The fraction of sp³-hybridized carbons (Fsp3) is 0.273. The first-order valence-electron chi connectivity index (χ1n) is 9.58. The maximum atomic E-state index is 13.8. The molecule has 1 heterocycles. The Balaban J connectivity index is 1.63. The summed E-state index contributed by atoms with van der Waals surface area (Å²) < 4.78 is 29.4. The highest BCUT2D eigenvalue weighted by Gasteiger charge is 2.27. The van der Waals surface area contributed by atoms with Gasteiger partial charge in [-0.25, -0.2) is 9.18 Å². The molecule has 1 unspecified atom stereocenters. The van der Waals surface area contributed by atoms with E-state index >= 15 is 0 Å². The van der Waals surface area contributed by atoms with E-state index in [0.717, 1.165) is 0 Å². The lowest BCUT2D eigenvalue weighted by Gasteiger charge is -2.20. The van der Waals surface area contributed by atoms with Gasteiger partial charge >= 0.3 is 5.97 Å². The molecule has 0 aliphatic rings. The van der Waals surface area contributed by atoms with Gasteiger partial charge < -0.3 is 19.3 Å². The van der Waals surface area contributed by atoms with Crippen LogP contribution in [0.25, 0.3) is 11.4 Å². The summed E-state index contributed by atoms with van der Waals surface area (Å²) in [6.07, 6.45) is 0. The number of carbonyl (C=O) groups is 2. The van der Waals surface area contributed by atoms with Gasteiger partial charge in [0.1, 0.15) is 17.6 Å². The molecular formula is C22H22FN3O5. The molecule has 3 rings (SSSR count). The number of esters is 1. The van der Waals surface area contributed by atoms with Crippen LogP contribution in [0.4, 0.5) is 4.39 Å². The number of hydrogen-bond donors (Lipinski definition) is 1. The maximum Gasteiger partial charge on any atom is 0.329 e. The molecule has 0 aliphatic carbocycles. The van der Waals surface area contributed by atoms with Crippen LogP contribution in [0.15, 0.2) is 53.1 Å². The predicted octanol–water partition coefficient (Wildman–Crippen LogP) is 3.38. The van der Waals surface area contributed by atoms with E-state index in [1.807, 2.05) is 0 Å². The summed E-state index contributed by atoms with van der Waals surface area (Å²) in [5, 5.41) is 6.39. The molecule has 162 valence electrons. The molecule has 8 nitrogen and oxygen atoms in total. The third kappa shape index (κ3) is 5.44. The molecule has 1 amide bonds. The lowest BCUT2D eigenvalue weighted by molar-refractivity contribution is -0.149. The Labute approximate surface area is 178 Å². The van der Waals surface area contributed by atoms with Crippen LogP contribution < -0.4 is 10.1 Å². The van der Waals surface area contributed by atoms with Gasteiger partial charge in [0, 0.05) is 5.56 Å². The molecule has 0 aliphatic heterocycles. The van der Waals surface area contributed by atoms with Gasteiger partial charge in [0.2, 0.25) is 5.82 Å². The zero-order valence-corrected chi connectivity index (χ0v) is 17.3. The highest BCUT2D eigenvalue weighted by Crippen LogP contribution is 2.21. The van der Waals surface area contributed by atoms with Crippen LogP contribution in [0, 0.1) is 11.7 Å². The highest BCUT2D eigenvalue weighted by atomic mass is 19.1. The van der Waals surface area contributed by atoms with Crippen LogP contribution in [0.3, 0.4) is 0 Å². The van der Waals surface area contributed by atoms with E-state index in [2.05, 4.69) is 15.5 Å². The van der Waals surface area contributed by atoms with Crippen molar-refractivity contribution in [1.29, 1.82) is 0 Å². The molecule has 3 aromatic rings. The van der Waals surface area contributed by atoms with E-state index in [1.54, 1.807) is 45.2 Å². The molecule has 1 N–H and O–H groups in total. The van der Waals surface area contributed by atoms with Gasteiger partial charge in [-0.05, 0) is 30.2 Å². The van der Waals surface area contributed by atoms with Crippen LogP contribution in [0.1, 0.15) is 30.1 Å². The first kappa shape index (κ1) is 21.9. The van der Waals surface area contributed by atoms with Crippen molar-refractivity contribution in [1.82, 2.24) is 15.5 Å². The number of amides is 1. The van der Waals surface area contributed by atoms with Crippen molar-refractivity contribution >= 4 is 11.9 Å². The monoisotopic (exact) mass is 427 g/mol. The summed E-state index contributed by atoms with van der Waals surface area (Å²) in [7, 11) is 1.55. The van der Waals surface area contributed by atoms with E-state index in [4.69, 9.17) is 14.0 Å². The first-order chi connectivity index (χ1) is 14.9. The average molecular weight is 427 g/mol. The number of rotatable bonds is 8. The number of methoxy groups -OCH3 is 1. The van der Waals surface area contributed by atoms with E-state index in [1.165, 1.54) is 24.3 Å². The minimum Gasteiger partial charge on any atom is -0.497 e. The van der Waals surface area contributed by atoms with E-state index < -0.39 is 23.7 Å². The van der Waals surface area contributed by atoms with E-state index in [9.17, 15) is 14.0 Å². The average Bonchev–Trinajstić information content (AvgIpc) is 3.25. The van der Waals surface area contributed by atoms with Gasteiger partial charge in [0.25, 0.3) is 11.8 Å². The van der Waals surface area contributed by atoms with Crippen LogP contribution in [-0.2, 0) is 16.1 Å². The van der Waals surface area contributed by atoms with Crippen LogP contribution >= 0.6 is 0 Å². The molecule has 0 saturated heterocycles. The molecule has 0 radical (unpaired) electrons. The Morgan fingerprint density at radius 3 is 2.65 bits per heavy atom. The van der Waals surface area contributed by atoms with Crippen molar-refractivity contribution in [3.63, 3.8) is 0 Å². The van der Waals surface area contributed by atoms with Crippen molar-refractivity contribution in [2.24, 2.45) is 5.92 Å². The smallest absolute Gasteiger partial charge is 0.329 e. The summed E-state index contributed by atoms with van der Waals surface area (Å²) in [5.74, 6) is -1.31. The fourth-order valence-electron chi connectivity index (χ4n) is 2.78. The van der Waals surface area contributed by atoms with E-state index in [0.29, 0.717) is 17.1 Å². The summed E-state index contributed by atoms with van der Waals surface area (Å²) >= 11 is 0. The molecule has 1 atom stereocenters. The maximum absolute atomic E-state index is 13.8. The SMILES string of the molecule is COc1cccc(-c2noc(COC(=O)C(NC(=O)c3ccccc3F)C(C)C)n2)c1. The predicted molar refractivity (Wildman–Crippen MR) is 109 cm³/mol. The first-order valence-corrected chi connectivity index (χ1v) is 9.58. The summed E-state index contributed by atoms with van der Waals surface area (Å²) in [4.78, 5) is 29.1. The molecule has 9 heteroatoms. The zero-order valence-electron chi connectivity index (χ0n) is 17.3. The largest absolute Gasteiger partial charge is 0.497 e. The summed E-state index contributed by atoms with van der Waals surface area (Å²) in [5.41, 5.74) is 0.527. The second-order valence-corrected chi connectivity index (χ2v) is 7.03. The topological polar surface area (TPSA) is 104 Å². The molecular weight excluding hydrogens is 405 g/mol. The lowest BCUT2D eigenvalue weighted by atomic mass is 10.0. The van der Waals surface area contributed by atoms with Crippen LogP contribution in [0.2, 0.25) is 0 Å². The Kier molecular flexibility index (Phi) is 6.96. The minimum absolute atomic E-state index is 0.0918. The summed E-state index contributed by atoms with van der Waals surface area (Å²) in [6, 6.07) is 11.7. The zero-order chi connectivity index (χ0) is 22.4. The minimum atomic E-state index is -0.979. The van der Waals surface area contributed by atoms with Crippen molar-refractivity contribution < 1.29 is 28.0 Å². The molecule has 0 fully saturated rings. The number of nitrogens with zero attached hydrogens (tertiary/aromatic N) is 2. The third-order valence-corrected chi connectivity index (χ3v) is 4.46. The quantitative estimate of drug-likeness (QED) is 0.550. The van der Waals surface area contributed by atoms with Crippen molar-refractivity contribution in [3.8, 4) is 17.1 Å². The van der Waals surface area contributed by atoms with E-state index in [-0.39, 0.29) is 24.0 Å². The molecule has 2 aromatic carbocycles. The van der Waals surface area contributed by atoms with Crippen molar-refractivity contribution in [2.45, 2.75) is 26.5 Å². The third-order valence-electron chi connectivity index (χ3n) is 4.46. The Hall–Kier alpha value is -3.75. The van der Waals surface area contributed by atoms with Crippen LogP contribution in [0.5, 0.6) is 5.75 Å². The standard InChI is InChI=1S/C22H22FN3O5/c1-13(2)19(25-21(27)16-9-4-5-10-17(16)23)22(28)30-12-18-24-20(26-31-18)14-7-6-8-15(11-14)29-3/h4-11,13,19H,12H2,1-3H3,(H,25,27). The Bertz CT molecular complexity index is 1070. The molecule has 0 bridgehead atoms. The highest BCUT2D eigenvalue weighted by molar-refractivity contribution is 5.97. The summed E-state index contributed by atoms with van der Waals surface area (Å²) in [6.45, 7) is 3.21. The lowest BCUT2D eigenvalue weighted by Crippen LogP contribution is -2.45. The molecule has 31 heavy (non-hydrogen) atoms. The number of aromatic nitrogens is 2.